The van der Waals surface area contributed by atoms with Gasteiger partial charge in [-0.3, -0.25) is 0 Å². The van der Waals surface area contributed by atoms with E-state index in [1.165, 1.54) is 4.88 Å². The summed E-state index contributed by atoms with van der Waals surface area (Å²) < 4.78 is 1.10. The largest absolute Gasteiger partial charge is 0.323 e. The third-order valence-corrected chi connectivity index (χ3v) is 4.83. The number of hydrogen-bond acceptors (Lipinski definition) is 4. The maximum Gasteiger partial charge on any atom is 0.0947 e. The molecule has 0 aliphatic carbocycles. The lowest BCUT2D eigenvalue weighted by atomic mass is 10.2. The van der Waals surface area contributed by atoms with Crippen molar-refractivity contribution in [2.24, 2.45) is 5.73 Å². The van der Waals surface area contributed by atoms with E-state index >= 15 is 0 Å². The van der Waals surface area contributed by atoms with Crippen LogP contribution in [0.4, 0.5) is 0 Å². The highest BCUT2D eigenvalue weighted by Gasteiger charge is 2.11. The quantitative estimate of drug-likeness (QED) is 0.942. The van der Waals surface area contributed by atoms with Gasteiger partial charge in [0.15, 0.2) is 0 Å². The second kappa shape index (κ2) is 4.74. The van der Waals surface area contributed by atoms with Crippen LogP contribution in [0.5, 0.6) is 0 Å². The van der Waals surface area contributed by atoms with Crippen molar-refractivity contribution in [3.8, 4) is 0 Å². The van der Waals surface area contributed by atoms with Crippen LogP contribution in [0.3, 0.4) is 0 Å². The standard InChI is InChI=1S/C10H11BrN2S2/c1-6-4-15-10(13-6)3-8(12)9-2-7(11)5-14-9/h2,4-5,8H,3,12H2,1H3. The maximum absolute atomic E-state index is 6.11. The molecule has 0 spiro atoms. The van der Waals surface area contributed by atoms with Crippen LogP contribution >= 0.6 is 38.6 Å². The molecule has 2 N–H and O–H groups in total. The van der Waals surface area contributed by atoms with E-state index in [-0.39, 0.29) is 6.04 Å². The van der Waals surface area contributed by atoms with Crippen LogP contribution in [0.1, 0.15) is 21.6 Å². The number of hydrogen-bond donors (Lipinski definition) is 1. The Labute approximate surface area is 105 Å². The summed E-state index contributed by atoms with van der Waals surface area (Å²) in [4.78, 5) is 5.62. The molecule has 0 saturated heterocycles. The van der Waals surface area contributed by atoms with Crippen LogP contribution in [0.15, 0.2) is 21.3 Å². The maximum atomic E-state index is 6.11. The monoisotopic (exact) mass is 302 g/mol. The van der Waals surface area contributed by atoms with Crippen molar-refractivity contribution >= 4 is 38.6 Å². The summed E-state index contributed by atoms with van der Waals surface area (Å²) in [5.74, 6) is 0. The number of halogens is 1. The zero-order valence-corrected chi connectivity index (χ0v) is 11.5. The SMILES string of the molecule is Cc1csc(CC(N)c2cc(Br)cs2)n1. The zero-order valence-electron chi connectivity index (χ0n) is 8.24. The number of rotatable bonds is 3. The molecule has 1 unspecified atom stereocenters. The van der Waals surface area contributed by atoms with Gasteiger partial charge in [0.25, 0.3) is 0 Å². The van der Waals surface area contributed by atoms with Gasteiger partial charge in [-0.2, -0.15) is 0 Å². The predicted molar refractivity (Wildman–Crippen MR) is 69.5 cm³/mol. The van der Waals surface area contributed by atoms with Crippen molar-refractivity contribution in [3.63, 3.8) is 0 Å². The molecular weight excluding hydrogens is 292 g/mol. The molecule has 2 nitrogen and oxygen atoms in total. The summed E-state index contributed by atoms with van der Waals surface area (Å²) in [5.41, 5.74) is 7.18. The van der Waals surface area contributed by atoms with Crippen molar-refractivity contribution in [1.29, 1.82) is 0 Å². The van der Waals surface area contributed by atoms with Gasteiger partial charge < -0.3 is 5.73 Å². The predicted octanol–water partition coefficient (Wildman–Crippen LogP) is 3.52. The number of nitrogens with two attached hydrogens (primary N) is 1. The van der Waals surface area contributed by atoms with Crippen LogP contribution < -0.4 is 5.73 Å². The summed E-state index contributed by atoms with van der Waals surface area (Å²) >= 11 is 6.80. The summed E-state index contributed by atoms with van der Waals surface area (Å²) in [6.45, 7) is 2.01. The van der Waals surface area contributed by atoms with Crippen LogP contribution in [0.2, 0.25) is 0 Å². The number of nitrogens with zero attached hydrogens (tertiary/aromatic N) is 1. The highest BCUT2D eigenvalue weighted by Crippen LogP contribution is 2.27. The van der Waals surface area contributed by atoms with E-state index in [1.54, 1.807) is 22.7 Å². The summed E-state index contributed by atoms with van der Waals surface area (Å²) in [6.07, 6.45) is 0.825. The van der Waals surface area contributed by atoms with Gasteiger partial charge in [-0.25, -0.2) is 4.98 Å². The Bertz CT molecular complexity index is 450. The summed E-state index contributed by atoms with van der Waals surface area (Å²) in [5, 5.41) is 5.24. The Hall–Kier alpha value is -0.230. The molecule has 2 aromatic heterocycles. The van der Waals surface area contributed by atoms with Crippen molar-refractivity contribution in [1.82, 2.24) is 4.98 Å². The van der Waals surface area contributed by atoms with E-state index in [0.717, 1.165) is 21.6 Å². The molecule has 80 valence electrons. The van der Waals surface area contributed by atoms with Gasteiger partial charge in [-0.15, -0.1) is 22.7 Å². The van der Waals surface area contributed by atoms with E-state index in [2.05, 4.69) is 37.7 Å². The average molecular weight is 303 g/mol. The zero-order chi connectivity index (χ0) is 10.8. The second-order valence-corrected chi connectivity index (χ2v) is 6.16. The van der Waals surface area contributed by atoms with Crippen molar-refractivity contribution in [2.75, 3.05) is 0 Å². The van der Waals surface area contributed by atoms with Crippen LogP contribution in [-0.4, -0.2) is 4.98 Å². The van der Waals surface area contributed by atoms with Gasteiger partial charge >= 0.3 is 0 Å². The summed E-state index contributed by atoms with van der Waals surface area (Å²) in [6, 6.07) is 2.14. The van der Waals surface area contributed by atoms with Gasteiger partial charge in [0.1, 0.15) is 0 Å². The molecule has 0 bridgehead atoms. The van der Waals surface area contributed by atoms with Crippen LogP contribution in [-0.2, 0) is 6.42 Å². The Morgan fingerprint density at radius 1 is 1.47 bits per heavy atom. The summed E-state index contributed by atoms with van der Waals surface area (Å²) in [7, 11) is 0. The number of thiophene rings is 1. The minimum atomic E-state index is 0.0619. The number of thiazole rings is 1. The van der Waals surface area contributed by atoms with Crippen molar-refractivity contribution < 1.29 is 0 Å². The first-order chi connectivity index (χ1) is 7.15. The molecule has 15 heavy (non-hydrogen) atoms. The highest BCUT2D eigenvalue weighted by atomic mass is 79.9. The fourth-order valence-corrected chi connectivity index (χ4v) is 3.59. The molecule has 2 rings (SSSR count). The lowest BCUT2D eigenvalue weighted by Gasteiger charge is -2.06. The van der Waals surface area contributed by atoms with Crippen LogP contribution in [0, 0.1) is 6.92 Å². The van der Waals surface area contributed by atoms with Gasteiger partial charge in [-0.05, 0) is 28.9 Å². The Morgan fingerprint density at radius 3 is 2.80 bits per heavy atom. The van der Waals surface area contributed by atoms with E-state index < -0.39 is 0 Å². The van der Waals surface area contributed by atoms with E-state index in [9.17, 15) is 0 Å². The first kappa shape index (κ1) is 11.3. The molecule has 0 aliphatic rings. The molecule has 0 saturated carbocycles. The molecule has 0 aromatic carbocycles. The molecule has 0 fully saturated rings. The minimum Gasteiger partial charge on any atom is -0.323 e. The lowest BCUT2D eigenvalue weighted by molar-refractivity contribution is 0.730. The van der Waals surface area contributed by atoms with E-state index in [1.807, 2.05) is 6.92 Å². The van der Waals surface area contributed by atoms with E-state index in [4.69, 9.17) is 5.73 Å². The Kier molecular flexibility index (Phi) is 3.56. The van der Waals surface area contributed by atoms with Crippen LogP contribution in [0.25, 0.3) is 0 Å². The molecule has 2 heterocycles. The van der Waals surface area contributed by atoms with Gasteiger partial charge in [0.05, 0.1) is 5.01 Å². The third kappa shape index (κ3) is 2.87. The molecule has 2 aromatic rings. The van der Waals surface area contributed by atoms with Gasteiger partial charge in [0, 0.05) is 38.3 Å². The average Bonchev–Trinajstić information content (AvgIpc) is 2.75. The smallest absolute Gasteiger partial charge is 0.0947 e. The highest BCUT2D eigenvalue weighted by molar-refractivity contribution is 9.10. The molecule has 0 amide bonds. The molecule has 0 radical (unpaired) electrons. The second-order valence-electron chi connectivity index (χ2n) is 3.36. The number of aromatic nitrogens is 1. The minimum absolute atomic E-state index is 0.0619. The third-order valence-electron chi connectivity index (χ3n) is 2.01. The molecule has 5 heteroatoms. The fraction of sp³-hybridized carbons (Fsp3) is 0.300. The molecule has 1 atom stereocenters. The molecule has 0 aliphatic heterocycles. The van der Waals surface area contributed by atoms with Crippen molar-refractivity contribution in [3.05, 3.63) is 36.9 Å². The van der Waals surface area contributed by atoms with Crippen molar-refractivity contribution in [2.45, 2.75) is 19.4 Å². The normalized spacial score (nSPS) is 13.0. The van der Waals surface area contributed by atoms with Gasteiger partial charge in [0.2, 0.25) is 0 Å². The Balaban J connectivity index is 2.06. The van der Waals surface area contributed by atoms with Gasteiger partial charge in [-0.1, -0.05) is 0 Å². The lowest BCUT2D eigenvalue weighted by Crippen LogP contribution is -2.11. The number of aryl methyl sites for hydroxylation is 1. The van der Waals surface area contributed by atoms with E-state index in [0.29, 0.717) is 0 Å². The first-order valence-corrected chi connectivity index (χ1v) is 7.11. The Morgan fingerprint density at radius 2 is 2.27 bits per heavy atom. The topological polar surface area (TPSA) is 38.9 Å². The molecular formula is C10H11BrN2S2. The first-order valence-electron chi connectivity index (χ1n) is 4.55. The fourth-order valence-electron chi connectivity index (χ4n) is 1.31.